The molecule has 1 radical (unpaired) electrons. The van der Waals surface area contributed by atoms with Gasteiger partial charge in [-0.3, -0.25) is 4.57 Å². The van der Waals surface area contributed by atoms with Crippen molar-refractivity contribution in [1.29, 1.82) is 0 Å². The fourth-order valence-electron chi connectivity index (χ4n) is 0.224. The van der Waals surface area contributed by atoms with Crippen molar-refractivity contribution < 1.29 is 9.46 Å². The van der Waals surface area contributed by atoms with Gasteiger partial charge in [0.1, 0.15) is 0 Å². The molecule has 0 atom stereocenters. The zero-order valence-corrected chi connectivity index (χ0v) is 8.61. The minimum absolute atomic E-state index is 0. The zero-order chi connectivity index (χ0) is 5.91. The van der Waals surface area contributed by atoms with Crippen LogP contribution in [0.2, 0.25) is 0 Å². The molecule has 0 heterocycles. The SMILES string of the molecule is CCP(=O)(O)CC.[Na]. The molecule has 0 saturated carbocycles. The van der Waals surface area contributed by atoms with Crippen LogP contribution >= 0.6 is 7.37 Å². The predicted octanol–water partition coefficient (Wildman–Crippen LogP) is 0.916. The Balaban J connectivity index is 0. The van der Waals surface area contributed by atoms with Gasteiger partial charge >= 0.3 is 0 Å². The van der Waals surface area contributed by atoms with Crippen LogP contribution in [0, 0.1) is 0 Å². The summed E-state index contributed by atoms with van der Waals surface area (Å²) in [6.45, 7) is 3.45. The second kappa shape index (κ2) is 5.01. The van der Waals surface area contributed by atoms with Crippen LogP contribution in [0.4, 0.5) is 0 Å². The quantitative estimate of drug-likeness (QED) is 0.463. The van der Waals surface area contributed by atoms with Crippen molar-refractivity contribution in [3.05, 3.63) is 0 Å². The van der Waals surface area contributed by atoms with E-state index >= 15 is 0 Å². The van der Waals surface area contributed by atoms with Crippen molar-refractivity contribution in [3.63, 3.8) is 0 Å². The van der Waals surface area contributed by atoms with Crippen LogP contribution < -0.4 is 0 Å². The minimum atomic E-state index is -2.65. The first-order valence-corrected chi connectivity index (χ1v) is 4.46. The van der Waals surface area contributed by atoms with Crippen molar-refractivity contribution >= 4 is 36.9 Å². The van der Waals surface area contributed by atoms with Gasteiger partial charge in [-0.25, -0.2) is 0 Å². The zero-order valence-electron chi connectivity index (χ0n) is 5.72. The summed E-state index contributed by atoms with van der Waals surface area (Å²) in [5.74, 6) is 0. The Morgan fingerprint density at radius 2 is 1.62 bits per heavy atom. The molecule has 8 heavy (non-hydrogen) atoms. The molecule has 4 heteroatoms. The van der Waals surface area contributed by atoms with Gasteiger partial charge in [-0.2, -0.15) is 0 Å². The summed E-state index contributed by atoms with van der Waals surface area (Å²) in [6.07, 6.45) is 0.812. The average molecular weight is 145 g/mol. The van der Waals surface area contributed by atoms with Gasteiger partial charge in [0.15, 0.2) is 7.37 Å². The summed E-state index contributed by atoms with van der Waals surface area (Å²) in [5, 5.41) is 0. The van der Waals surface area contributed by atoms with Gasteiger partial charge in [0.2, 0.25) is 0 Å². The molecule has 45 valence electrons. The molecular weight excluding hydrogens is 134 g/mol. The Kier molecular flexibility index (Phi) is 7.47. The van der Waals surface area contributed by atoms with Crippen molar-refractivity contribution in [2.75, 3.05) is 12.3 Å². The molecule has 1 N–H and O–H groups in total. The summed E-state index contributed by atoms with van der Waals surface area (Å²) in [4.78, 5) is 8.69. The maximum atomic E-state index is 10.5. The molecular formula is C4H11NaO2P. The Morgan fingerprint density at radius 3 is 1.62 bits per heavy atom. The average Bonchev–Trinajstić information content (AvgIpc) is 1.68. The molecule has 0 bridgehead atoms. The molecule has 0 spiro atoms. The standard InChI is InChI=1S/C4H11O2P.Na/c1-3-7(5,6)4-2;/h3-4H2,1-2H3,(H,5,6);. The maximum Gasteiger partial charge on any atom is 0.200 e. The van der Waals surface area contributed by atoms with Crippen molar-refractivity contribution in [3.8, 4) is 0 Å². The second-order valence-corrected chi connectivity index (χ2v) is 4.44. The van der Waals surface area contributed by atoms with E-state index < -0.39 is 7.37 Å². The molecule has 0 aromatic rings. The van der Waals surface area contributed by atoms with Crippen LogP contribution in [0.25, 0.3) is 0 Å². The first-order chi connectivity index (χ1) is 3.12. The summed E-state index contributed by atoms with van der Waals surface area (Å²) in [7, 11) is -2.65. The van der Waals surface area contributed by atoms with Crippen molar-refractivity contribution in [2.45, 2.75) is 13.8 Å². The third-order valence-electron chi connectivity index (χ3n) is 0.988. The van der Waals surface area contributed by atoms with Crippen LogP contribution in [0.1, 0.15) is 13.8 Å². The van der Waals surface area contributed by atoms with E-state index in [-0.39, 0.29) is 29.6 Å². The van der Waals surface area contributed by atoms with Gasteiger partial charge in [0.05, 0.1) is 0 Å². The van der Waals surface area contributed by atoms with E-state index in [1.165, 1.54) is 0 Å². The molecule has 0 fully saturated rings. The van der Waals surface area contributed by atoms with Gasteiger partial charge in [-0.15, -0.1) is 0 Å². The number of hydrogen-bond acceptors (Lipinski definition) is 1. The van der Waals surface area contributed by atoms with Gasteiger partial charge in [-0.05, 0) is 0 Å². The van der Waals surface area contributed by atoms with E-state index in [0.29, 0.717) is 12.3 Å². The molecule has 2 nitrogen and oxygen atoms in total. The third-order valence-corrected chi connectivity index (χ3v) is 2.96. The van der Waals surface area contributed by atoms with E-state index in [1.807, 2.05) is 0 Å². The van der Waals surface area contributed by atoms with E-state index in [0.717, 1.165) is 0 Å². The Hall–Kier alpha value is 1.19. The normalized spacial score (nSPS) is 10.4. The van der Waals surface area contributed by atoms with Crippen LogP contribution in [-0.2, 0) is 4.57 Å². The topological polar surface area (TPSA) is 37.3 Å². The van der Waals surface area contributed by atoms with Crippen LogP contribution in [0.15, 0.2) is 0 Å². The predicted molar refractivity (Wildman–Crippen MR) is 36.7 cm³/mol. The monoisotopic (exact) mass is 145 g/mol. The van der Waals surface area contributed by atoms with Gasteiger partial charge < -0.3 is 4.89 Å². The molecule has 0 aliphatic rings. The number of hydrogen-bond donors (Lipinski definition) is 1. The second-order valence-electron chi connectivity index (χ2n) is 1.48. The van der Waals surface area contributed by atoms with Crippen molar-refractivity contribution in [1.82, 2.24) is 0 Å². The number of rotatable bonds is 2. The van der Waals surface area contributed by atoms with E-state index in [9.17, 15) is 4.57 Å². The Labute approximate surface area is 72.4 Å². The molecule has 0 saturated heterocycles. The molecule has 0 aliphatic carbocycles. The smallest absolute Gasteiger partial charge is 0.200 e. The molecule has 0 rings (SSSR count). The molecule has 0 aromatic heterocycles. The summed E-state index contributed by atoms with van der Waals surface area (Å²) >= 11 is 0. The van der Waals surface area contributed by atoms with Crippen LogP contribution in [-0.4, -0.2) is 46.8 Å². The van der Waals surface area contributed by atoms with Gasteiger partial charge in [0, 0.05) is 41.9 Å². The summed E-state index contributed by atoms with van der Waals surface area (Å²) in [5.41, 5.74) is 0. The first kappa shape index (κ1) is 11.9. The summed E-state index contributed by atoms with van der Waals surface area (Å²) < 4.78 is 10.5. The largest absolute Gasteiger partial charge is 0.344 e. The van der Waals surface area contributed by atoms with Gasteiger partial charge in [-0.1, -0.05) is 13.8 Å². The van der Waals surface area contributed by atoms with Gasteiger partial charge in [0.25, 0.3) is 0 Å². The van der Waals surface area contributed by atoms with E-state index in [4.69, 9.17) is 4.89 Å². The maximum absolute atomic E-state index is 10.5. The molecule has 0 unspecified atom stereocenters. The fourth-order valence-corrected chi connectivity index (χ4v) is 0.671. The van der Waals surface area contributed by atoms with E-state index in [2.05, 4.69) is 0 Å². The Bertz CT molecular complexity index is 86.0. The first-order valence-electron chi connectivity index (χ1n) is 2.43. The molecule has 0 amide bonds. The Morgan fingerprint density at radius 1 is 1.38 bits per heavy atom. The minimum Gasteiger partial charge on any atom is -0.344 e. The fraction of sp³-hybridized carbons (Fsp3) is 1.00. The van der Waals surface area contributed by atoms with Crippen LogP contribution in [0.5, 0.6) is 0 Å². The van der Waals surface area contributed by atoms with E-state index in [1.54, 1.807) is 13.8 Å². The van der Waals surface area contributed by atoms with Crippen LogP contribution in [0.3, 0.4) is 0 Å². The molecule has 0 aliphatic heterocycles. The van der Waals surface area contributed by atoms with Crippen molar-refractivity contribution in [2.24, 2.45) is 0 Å². The molecule has 0 aromatic carbocycles. The third kappa shape index (κ3) is 5.33. The summed E-state index contributed by atoms with van der Waals surface area (Å²) in [6, 6.07) is 0.